The van der Waals surface area contributed by atoms with E-state index >= 15 is 0 Å². The molecule has 1 aromatic heterocycles. The summed E-state index contributed by atoms with van der Waals surface area (Å²) < 4.78 is 6.29. The van der Waals surface area contributed by atoms with Crippen molar-refractivity contribution in [3.05, 3.63) is 17.0 Å². The van der Waals surface area contributed by atoms with E-state index in [1.165, 1.54) is 0 Å². The molecule has 0 bridgehead atoms. The second kappa shape index (κ2) is 4.90. The van der Waals surface area contributed by atoms with Crippen LogP contribution in [-0.2, 0) is 4.74 Å². The number of halogens is 1. The van der Waals surface area contributed by atoms with Gasteiger partial charge in [0.15, 0.2) is 0 Å². The molecule has 0 N–H and O–H groups in total. The number of ether oxygens (including phenoxy) is 1. The molecule has 0 saturated carbocycles. The Morgan fingerprint density at radius 1 is 1.47 bits per heavy atom. The van der Waals surface area contributed by atoms with Crippen molar-refractivity contribution in [1.82, 2.24) is 9.97 Å². The Balaban J connectivity index is 2.04. The first kappa shape index (κ1) is 10.8. The minimum absolute atomic E-state index is 0.405. The fourth-order valence-electron chi connectivity index (χ4n) is 1.84. The van der Waals surface area contributed by atoms with Crippen LogP contribution in [-0.4, -0.2) is 36.3 Å². The van der Waals surface area contributed by atoms with Gasteiger partial charge in [-0.3, -0.25) is 0 Å². The van der Waals surface area contributed by atoms with Crippen LogP contribution >= 0.6 is 15.9 Å². The lowest BCUT2D eigenvalue weighted by atomic mass is 10.1. The van der Waals surface area contributed by atoms with Gasteiger partial charge in [0, 0.05) is 26.4 Å². The molecule has 0 atom stereocenters. The number of hydrogen-bond donors (Lipinski definition) is 0. The molecule has 1 aliphatic heterocycles. The molecule has 0 aromatic carbocycles. The minimum Gasteiger partial charge on any atom is -0.381 e. The number of aromatic nitrogens is 2. The van der Waals surface area contributed by atoms with Crippen LogP contribution in [0.4, 0.5) is 5.82 Å². The van der Waals surface area contributed by atoms with Gasteiger partial charge in [-0.2, -0.15) is 0 Å². The molecule has 1 saturated heterocycles. The molecule has 0 amide bonds. The Kier molecular flexibility index (Phi) is 3.53. The maximum Gasteiger partial charge on any atom is 0.146 e. The molecule has 2 heterocycles. The van der Waals surface area contributed by atoms with Crippen molar-refractivity contribution in [2.45, 2.75) is 18.9 Å². The van der Waals surface area contributed by atoms with Crippen molar-refractivity contribution in [3.8, 4) is 0 Å². The quantitative estimate of drug-likeness (QED) is 0.823. The fraction of sp³-hybridized carbons (Fsp3) is 0.600. The topological polar surface area (TPSA) is 38.2 Å². The average molecular weight is 272 g/mol. The molecule has 82 valence electrons. The van der Waals surface area contributed by atoms with Crippen LogP contribution in [0.1, 0.15) is 12.8 Å². The summed E-state index contributed by atoms with van der Waals surface area (Å²) in [5, 5.41) is 0. The van der Waals surface area contributed by atoms with Gasteiger partial charge >= 0.3 is 0 Å². The van der Waals surface area contributed by atoms with Gasteiger partial charge in [0.25, 0.3) is 0 Å². The van der Waals surface area contributed by atoms with Crippen LogP contribution in [0.5, 0.6) is 0 Å². The highest BCUT2D eigenvalue weighted by molar-refractivity contribution is 9.10. The Labute approximate surface area is 97.8 Å². The molecule has 0 aliphatic carbocycles. The van der Waals surface area contributed by atoms with Crippen LogP contribution in [0, 0.1) is 0 Å². The van der Waals surface area contributed by atoms with Gasteiger partial charge < -0.3 is 9.64 Å². The highest BCUT2D eigenvalue weighted by atomic mass is 79.9. The fourth-order valence-corrected chi connectivity index (χ4v) is 2.31. The Morgan fingerprint density at radius 3 is 2.80 bits per heavy atom. The number of piperidine rings is 1. The van der Waals surface area contributed by atoms with Crippen molar-refractivity contribution in [3.63, 3.8) is 0 Å². The number of anilines is 1. The largest absolute Gasteiger partial charge is 0.381 e. The summed E-state index contributed by atoms with van der Waals surface area (Å²) in [4.78, 5) is 10.5. The predicted molar refractivity (Wildman–Crippen MR) is 62.0 cm³/mol. The van der Waals surface area contributed by atoms with Crippen LogP contribution in [0.3, 0.4) is 0 Å². The van der Waals surface area contributed by atoms with E-state index in [-0.39, 0.29) is 0 Å². The Bertz CT molecular complexity index is 326. The highest BCUT2D eigenvalue weighted by Gasteiger charge is 2.20. The van der Waals surface area contributed by atoms with Crippen LogP contribution in [0.25, 0.3) is 0 Å². The van der Waals surface area contributed by atoms with E-state index in [9.17, 15) is 0 Å². The zero-order valence-corrected chi connectivity index (χ0v) is 10.3. The van der Waals surface area contributed by atoms with Crippen molar-refractivity contribution in [2.75, 3.05) is 25.1 Å². The summed E-state index contributed by atoms with van der Waals surface area (Å²) in [5.74, 6) is 0.986. The molecule has 4 nitrogen and oxygen atoms in total. The first-order valence-electron chi connectivity index (χ1n) is 5.04. The predicted octanol–water partition coefficient (Wildman–Crippen LogP) is 1.85. The first-order valence-corrected chi connectivity index (χ1v) is 5.84. The smallest absolute Gasteiger partial charge is 0.146 e. The Morgan fingerprint density at radius 2 is 2.20 bits per heavy atom. The monoisotopic (exact) mass is 271 g/mol. The molecular formula is C10H14BrN3O. The second-order valence-corrected chi connectivity index (χ2v) is 4.47. The standard InChI is InChI=1S/C10H14BrN3O/c1-15-8-2-4-14(5-3-8)10-9(11)6-12-7-13-10/h6-8H,2-5H2,1H3. The lowest BCUT2D eigenvalue weighted by molar-refractivity contribution is 0.0818. The summed E-state index contributed by atoms with van der Waals surface area (Å²) in [7, 11) is 1.78. The molecule has 1 aliphatic rings. The summed E-state index contributed by atoms with van der Waals surface area (Å²) in [6.45, 7) is 1.99. The zero-order chi connectivity index (χ0) is 10.7. The van der Waals surface area contributed by atoms with Gasteiger partial charge in [-0.1, -0.05) is 0 Å². The summed E-state index contributed by atoms with van der Waals surface area (Å²) in [6, 6.07) is 0. The summed E-state index contributed by atoms with van der Waals surface area (Å²) in [5.41, 5.74) is 0. The van der Waals surface area contributed by atoms with E-state index in [1.807, 2.05) is 0 Å². The third-order valence-corrected chi connectivity index (χ3v) is 3.28. The number of hydrogen-bond acceptors (Lipinski definition) is 4. The average Bonchev–Trinajstić information content (AvgIpc) is 2.30. The van der Waals surface area contributed by atoms with Gasteiger partial charge in [0.05, 0.1) is 10.6 Å². The maximum atomic E-state index is 5.33. The highest BCUT2D eigenvalue weighted by Crippen LogP contribution is 2.25. The van der Waals surface area contributed by atoms with Crippen molar-refractivity contribution in [2.24, 2.45) is 0 Å². The second-order valence-electron chi connectivity index (χ2n) is 3.62. The molecule has 0 unspecified atom stereocenters. The van der Waals surface area contributed by atoms with E-state index < -0.39 is 0 Å². The van der Waals surface area contributed by atoms with Crippen LogP contribution < -0.4 is 4.90 Å². The number of methoxy groups -OCH3 is 1. The van der Waals surface area contributed by atoms with E-state index in [0.29, 0.717) is 6.10 Å². The molecule has 1 aromatic rings. The molecule has 0 radical (unpaired) electrons. The van der Waals surface area contributed by atoms with Gasteiger partial charge in [-0.25, -0.2) is 9.97 Å². The summed E-state index contributed by atoms with van der Waals surface area (Å²) >= 11 is 3.47. The lowest BCUT2D eigenvalue weighted by Gasteiger charge is -2.32. The SMILES string of the molecule is COC1CCN(c2ncncc2Br)CC1. The maximum absolute atomic E-state index is 5.33. The summed E-state index contributed by atoms with van der Waals surface area (Å²) in [6.07, 6.45) is 5.90. The van der Waals surface area contributed by atoms with Gasteiger partial charge in [0.1, 0.15) is 12.1 Å². The molecule has 0 spiro atoms. The third-order valence-electron chi connectivity index (χ3n) is 2.72. The van der Waals surface area contributed by atoms with Crippen LogP contribution in [0.2, 0.25) is 0 Å². The van der Waals surface area contributed by atoms with Gasteiger partial charge in [0.2, 0.25) is 0 Å². The Hall–Kier alpha value is -0.680. The van der Waals surface area contributed by atoms with E-state index in [1.54, 1.807) is 19.6 Å². The zero-order valence-electron chi connectivity index (χ0n) is 8.69. The van der Waals surface area contributed by atoms with Gasteiger partial charge in [-0.05, 0) is 28.8 Å². The van der Waals surface area contributed by atoms with E-state index in [2.05, 4.69) is 30.8 Å². The van der Waals surface area contributed by atoms with Crippen molar-refractivity contribution < 1.29 is 4.74 Å². The first-order chi connectivity index (χ1) is 7.31. The third kappa shape index (κ3) is 2.46. The molecule has 5 heteroatoms. The van der Waals surface area contributed by atoms with Crippen molar-refractivity contribution >= 4 is 21.7 Å². The molecule has 15 heavy (non-hydrogen) atoms. The number of nitrogens with zero attached hydrogens (tertiary/aromatic N) is 3. The normalized spacial score (nSPS) is 18.1. The molecule has 1 fully saturated rings. The number of rotatable bonds is 2. The van der Waals surface area contributed by atoms with Crippen LogP contribution in [0.15, 0.2) is 17.0 Å². The van der Waals surface area contributed by atoms with Gasteiger partial charge in [-0.15, -0.1) is 0 Å². The minimum atomic E-state index is 0.405. The lowest BCUT2D eigenvalue weighted by Crippen LogP contribution is -2.37. The van der Waals surface area contributed by atoms with E-state index in [4.69, 9.17) is 4.74 Å². The molecule has 2 rings (SSSR count). The van der Waals surface area contributed by atoms with E-state index in [0.717, 1.165) is 36.2 Å². The van der Waals surface area contributed by atoms with Crippen molar-refractivity contribution in [1.29, 1.82) is 0 Å². The molecular weight excluding hydrogens is 258 g/mol.